The second-order valence-electron chi connectivity index (χ2n) is 5.09. The van der Waals surface area contributed by atoms with Gasteiger partial charge in [0.15, 0.2) is 0 Å². The molecule has 0 radical (unpaired) electrons. The number of hydrogen-bond acceptors (Lipinski definition) is 2. The first-order chi connectivity index (χ1) is 8.47. The number of sulfonamides is 1. The number of halogens is 1. The largest absolute Gasteiger partial charge is 0.240 e. The van der Waals surface area contributed by atoms with Crippen LogP contribution in [0.3, 0.4) is 0 Å². The molecule has 0 aromatic heterocycles. The Hall–Kier alpha value is -0.390. The zero-order valence-electron chi connectivity index (χ0n) is 10.4. The van der Waals surface area contributed by atoms with E-state index >= 15 is 0 Å². The maximum Gasteiger partial charge on any atom is 0.240 e. The molecule has 1 fully saturated rings. The molecule has 1 N–H and O–H groups in total. The van der Waals surface area contributed by atoms with Crippen molar-refractivity contribution in [1.82, 2.24) is 4.72 Å². The fraction of sp³-hybridized carbons (Fsp3) is 0.538. The first kappa shape index (κ1) is 14.0. The van der Waals surface area contributed by atoms with E-state index in [0.29, 0.717) is 17.4 Å². The van der Waals surface area contributed by atoms with Crippen LogP contribution in [0.5, 0.6) is 0 Å². The molecule has 3 nitrogen and oxygen atoms in total. The standard InChI is InChI=1S/C13H18BrNO2S/c1-10-5-6-11(7-10)9-15-18(16,17)13-4-2-3-12(14)8-13/h2-4,8,10-11,15H,5-7,9H2,1H3. The highest BCUT2D eigenvalue weighted by atomic mass is 79.9. The van der Waals surface area contributed by atoms with Crippen molar-refractivity contribution in [3.63, 3.8) is 0 Å². The van der Waals surface area contributed by atoms with Crippen LogP contribution in [0, 0.1) is 11.8 Å². The van der Waals surface area contributed by atoms with Crippen LogP contribution in [0.1, 0.15) is 26.2 Å². The van der Waals surface area contributed by atoms with Crippen molar-refractivity contribution in [2.45, 2.75) is 31.1 Å². The molecule has 1 aromatic carbocycles. The molecule has 2 unspecified atom stereocenters. The molecular weight excluding hydrogens is 314 g/mol. The summed E-state index contributed by atoms with van der Waals surface area (Å²) in [4.78, 5) is 0.322. The summed E-state index contributed by atoms with van der Waals surface area (Å²) in [6.07, 6.45) is 3.46. The third-order valence-corrected chi connectivity index (χ3v) is 5.39. The van der Waals surface area contributed by atoms with Gasteiger partial charge in [0, 0.05) is 11.0 Å². The summed E-state index contributed by atoms with van der Waals surface area (Å²) >= 11 is 3.29. The lowest BCUT2D eigenvalue weighted by molar-refractivity contribution is 0.498. The molecule has 2 atom stereocenters. The highest BCUT2D eigenvalue weighted by Crippen LogP contribution is 2.30. The van der Waals surface area contributed by atoms with E-state index in [1.165, 1.54) is 6.42 Å². The highest BCUT2D eigenvalue weighted by molar-refractivity contribution is 9.10. The number of hydrogen-bond donors (Lipinski definition) is 1. The molecule has 1 aliphatic rings. The average Bonchev–Trinajstić information content (AvgIpc) is 2.73. The minimum absolute atomic E-state index is 0.322. The summed E-state index contributed by atoms with van der Waals surface area (Å²) in [6, 6.07) is 6.79. The monoisotopic (exact) mass is 331 g/mol. The van der Waals surface area contributed by atoms with E-state index in [1.807, 2.05) is 6.07 Å². The molecule has 0 spiro atoms. The van der Waals surface area contributed by atoms with Crippen LogP contribution in [0.4, 0.5) is 0 Å². The third-order valence-electron chi connectivity index (χ3n) is 3.47. The Kier molecular flexibility index (Phi) is 4.45. The molecule has 1 aromatic rings. The smallest absolute Gasteiger partial charge is 0.211 e. The molecule has 100 valence electrons. The van der Waals surface area contributed by atoms with Crippen molar-refractivity contribution < 1.29 is 8.42 Å². The third kappa shape index (κ3) is 3.56. The summed E-state index contributed by atoms with van der Waals surface area (Å²) in [6.45, 7) is 2.78. The van der Waals surface area contributed by atoms with Crippen molar-refractivity contribution in [1.29, 1.82) is 0 Å². The molecule has 2 rings (SSSR count). The Bertz CT molecular complexity index is 515. The van der Waals surface area contributed by atoms with E-state index in [1.54, 1.807) is 18.2 Å². The van der Waals surface area contributed by atoms with Gasteiger partial charge in [-0.3, -0.25) is 0 Å². The van der Waals surface area contributed by atoms with E-state index in [4.69, 9.17) is 0 Å². The van der Waals surface area contributed by atoms with Crippen LogP contribution in [-0.4, -0.2) is 15.0 Å². The van der Waals surface area contributed by atoms with Gasteiger partial charge < -0.3 is 0 Å². The Labute approximate surface area is 117 Å². The second-order valence-corrected chi connectivity index (χ2v) is 7.78. The lowest BCUT2D eigenvalue weighted by atomic mass is 10.1. The number of rotatable bonds is 4. The Morgan fingerprint density at radius 2 is 2.17 bits per heavy atom. The Balaban J connectivity index is 1.99. The van der Waals surface area contributed by atoms with Gasteiger partial charge in [-0.15, -0.1) is 0 Å². The predicted molar refractivity (Wildman–Crippen MR) is 75.8 cm³/mol. The molecule has 0 saturated heterocycles. The summed E-state index contributed by atoms with van der Waals surface area (Å²) in [5, 5.41) is 0. The van der Waals surface area contributed by atoms with E-state index in [0.717, 1.165) is 23.2 Å². The molecule has 0 bridgehead atoms. The van der Waals surface area contributed by atoms with Crippen molar-refractivity contribution in [3.05, 3.63) is 28.7 Å². The average molecular weight is 332 g/mol. The quantitative estimate of drug-likeness (QED) is 0.921. The Morgan fingerprint density at radius 1 is 1.39 bits per heavy atom. The molecule has 0 heterocycles. The van der Waals surface area contributed by atoms with Crippen LogP contribution in [0.2, 0.25) is 0 Å². The minimum Gasteiger partial charge on any atom is -0.211 e. The fourth-order valence-electron chi connectivity index (χ4n) is 2.46. The maximum atomic E-state index is 12.1. The molecule has 1 aliphatic carbocycles. The van der Waals surface area contributed by atoms with Gasteiger partial charge in [-0.25, -0.2) is 13.1 Å². The summed E-state index contributed by atoms with van der Waals surface area (Å²) < 4.78 is 27.7. The summed E-state index contributed by atoms with van der Waals surface area (Å²) in [7, 11) is -3.37. The van der Waals surface area contributed by atoms with Gasteiger partial charge >= 0.3 is 0 Å². The normalized spacial score (nSPS) is 24.3. The SMILES string of the molecule is CC1CCC(CNS(=O)(=O)c2cccc(Br)c2)C1. The van der Waals surface area contributed by atoms with Gasteiger partial charge in [-0.1, -0.05) is 35.3 Å². The maximum absolute atomic E-state index is 12.1. The molecular formula is C13H18BrNO2S. The highest BCUT2D eigenvalue weighted by Gasteiger charge is 2.23. The van der Waals surface area contributed by atoms with Crippen molar-refractivity contribution in [3.8, 4) is 0 Å². The number of nitrogens with one attached hydrogen (secondary N) is 1. The minimum atomic E-state index is -3.37. The molecule has 0 amide bonds. The van der Waals surface area contributed by atoms with Crippen LogP contribution < -0.4 is 4.72 Å². The van der Waals surface area contributed by atoms with Crippen molar-refractivity contribution in [2.75, 3.05) is 6.54 Å². The van der Waals surface area contributed by atoms with Gasteiger partial charge in [0.2, 0.25) is 10.0 Å². The molecule has 5 heteroatoms. The van der Waals surface area contributed by atoms with E-state index in [9.17, 15) is 8.42 Å². The van der Waals surface area contributed by atoms with Crippen molar-refractivity contribution >= 4 is 26.0 Å². The Morgan fingerprint density at radius 3 is 2.78 bits per heavy atom. The second kappa shape index (κ2) is 5.72. The first-order valence-corrected chi connectivity index (χ1v) is 8.50. The zero-order valence-corrected chi connectivity index (χ0v) is 12.8. The van der Waals surface area contributed by atoms with E-state index < -0.39 is 10.0 Å². The van der Waals surface area contributed by atoms with Crippen LogP contribution >= 0.6 is 15.9 Å². The van der Waals surface area contributed by atoms with Gasteiger partial charge in [0.25, 0.3) is 0 Å². The lowest BCUT2D eigenvalue weighted by Gasteiger charge is -2.11. The summed E-state index contributed by atoms with van der Waals surface area (Å²) in [5.41, 5.74) is 0. The predicted octanol–water partition coefficient (Wildman–Crippen LogP) is 3.16. The zero-order chi connectivity index (χ0) is 13.2. The molecule has 1 saturated carbocycles. The number of benzene rings is 1. The molecule has 0 aliphatic heterocycles. The lowest BCUT2D eigenvalue weighted by Crippen LogP contribution is -2.28. The van der Waals surface area contributed by atoms with Crippen molar-refractivity contribution in [2.24, 2.45) is 11.8 Å². The first-order valence-electron chi connectivity index (χ1n) is 6.22. The van der Waals surface area contributed by atoms with Gasteiger partial charge in [0.1, 0.15) is 0 Å². The fourth-order valence-corrected chi connectivity index (χ4v) is 4.17. The van der Waals surface area contributed by atoms with E-state index in [-0.39, 0.29) is 0 Å². The van der Waals surface area contributed by atoms with Crippen LogP contribution in [0.25, 0.3) is 0 Å². The molecule has 18 heavy (non-hydrogen) atoms. The van der Waals surface area contributed by atoms with Gasteiger partial charge in [0.05, 0.1) is 4.90 Å². The topological polar surface area (TPSA) is 46.2 Å². The van der Waals surface area contributed by atoms with Gasteiger partial charge in [-0.2, -0.15) is 0 Å². The van der Waals surface area contributed by atoms with E-state index in [2.05, 4.69) is 27.6 Å². The van der Waals surface area contributed by atoms with Gasteiger partial charge in [-0.05, 0) is 42.9 Å². The van der Waals surface area contributed by atoms with Crippen LogP contribution in [0.15, 0.2) is 33.6 Å². The summed E-state index contributed by atoms with van der Waals surface area (Å²) in [5.74, 6) is 1.22. The van der Waals surface area contributed by atoms with Crippen LogP contribution in [-0.2, 0) is 10.0 Å².